The Morgan fingerprint density at radius 2 is 1.52 bits per heavy atom. The third-order valence-corrected chi connectivity index (χ3v) is 6.85. The van der Waals surface area contributed by atoms with Crippen LogP contribution in [0.1, 0.15) is 56.7 Å². The number of unbranched alkanes of at least 4 members (excludes halogenated alkanes) is 1. The highest BCUT2D eigenvalue weighted by Gasteiger charge is 2.30. The van der Waals surface area contributed by atoms with E-state index >= 15 is 0 Å². The fraction of sp³-hybridized carbons (Fsp3) is 0.394. The minimum Gasteiger partial charge on any atom is -0.490 e. The summed E-state index contributed by atoms with van der Waals surface area (Å²) in [6.45, 7) is 7.90. The third kappa shape index (κ3) is 9.60. The molecular formula is C33H41ClN2O4. The van der Waals surface area contributed by atoms with Crippen molar-refractivity contribution in [2.24, 2.45) is 0 Å². The fourth-order valence-corrected chi connectivity index (χ4v) is 4.62. The van der Waals surface area contributed by atoms with Gasteiger partial charge in [-0.2, -0.15) is 0 Å². The van der Waals surface area contributed by atoms with Crippen LogP contribution in [0.3, 0.4) is 0 Å². The number of rotatable bonds is 16. The first kappa shape index (κ1) is 31.0. The molecule has 3 aromatic carbocycles. The lowest BCUT2D eigenvalue weighted by Crippen LogP contribution is -2.50. The smallest absolute Gasteiger partial charge is 0.243 e. The Kier molecular flexibility index (Phi) is 12.8. The van der Waals surface area contributed by atoms with Gasteiger partial charge in [-0.3, -0.25) is 9.59 Å². The van der Waals surface area contributed by atoms with Crippen LogP contribution in [0.15, 0.2) is 72.8 Å². The Morgan fingerprint density at radius 1 is 0.850 bits per heavy atom. The molecule has 0 radical (unpaired) electrons. The van der Waals surface area contributed by atoms with Gasteiger partial charge in [-0.1, -0.05) is 73.5 Å². The molecule has 7 heteroatoms. The quantitative estimate of drug-likeness (QED) is 0.198. The van der Waals surface area contributed by atoms with Gasteiger partial charge in [-0.25, -0.2) is 0 Å². The van der Waals surface area contributed by atoms with E-state index in [0.717, 1.165) is 29.5 Å². The van der Waals surface area contributed by atoms with E-state index in [0.29, 0.717) is 55.7 Å². The minimum absolute atomic E-state index is 0.0895. The van der Waals surface area contributed by atoms with Gasteiger partial charge in [0.15, 0.2) is 11.5 Å². The molecule has 1 N–H and O–H groups in total. The summed E-state index contributed by atoms with van der Waals surface area (Å²) in [6, 6.07) is 22.4. The first-order chi connectivity index (χ1) is 19.4. The van der Waals surface area contributed by atoms with Gasteiger partial charge in [-0.15, -0.1) is 0 Å². The summed E-state index contributed by atoms with van der Waals surface area (Å²) >= 11 is 6.12. The predicted octanol–water partition coefficient (Wildman–Crippen LogP) is 6.63. The molecule has 0 aliphatic carbocycles. The predicted molar refractivity (Wildman–Crippen MR) is 161 cm³/mol. The zero-order chi connectivity index (χ0) is 28.7. The number of ether oxygens (including phenoxy) is 2. The molecule has 214 valence electrons. The van der Waals surface area contributed by atoms with E-state index in [1.165, 1.54) is 0 Å². The molecule has 0 bridgehead atoms. The van der Waals surface area contributed by atoms with Crippen molar-refractivity contribution in [2.75, 3.05) is 19.8 Å². The standard InChI is InChI=1S/C33H41ClN2O4/c1-4-7-21-35-33(38)29(22-25-11-9-8-10-12-25)36(24-27-13-17-28(34)18-14-27)32(37)20-16-26-15-19-30(39-5-2)31(23-26)40-6-3/h8-15,17-19,23,29H,4-7,16,20-22,24H2,1-3H3,(H,35,38)/t29-/m0/s1. The van der Waals surface area contributed by atoms with Crippen LogP contribution in [0.4, 0.5) is 0 Å². The number of nitrogens with zero attached hydrogens (tertiary/aromatic N) is 1. The van der Waals surface area contributed by atoms with E-state index in [9.17, 15) is 9.59 Å². The summed E-state index contributed by atoms with van der Waals surface area (Å²) in [4.78, 5) is 29.2. The van der Waals surface area contributed by atoms with Crippen molar-refractivity contribution >= 4 is 23.4 Å². The van der Waals surface area contributed by atoms with Crippen LogP contribution in [0.5, 0.6) is 11.5 Å². The largest absolute Gasteiger partial charge is 0.490 e. The number of aryl methyl sites for hydroxylation is 1. The van der Waals surface area contributed by atoms with Crippen LogP contribution < -0.4 is 14.8 Å². The van der Waals surface area contributed by atoms with Crippen LogP contribution in [0.25, 0.3) is 0 Å². The molecule has 2 amide bonds. The second-order valence-electron chi connectivity index (χ2n) is 9.65. The van der Waals surface area contributed by atoms with Gasteiger partial charge in [-0.05, 0) is 67.6 Å². The average molecular weight is 565 g/mol. The molecule has 3 aromatic rings. The summed E-state index contributed by atoms with van der Waals surface area (Å²) in [5.74, 6) is 1.13. The van der Waals surface area contributed by atoms with Crippen LogP contribution in [-0.4, -0.2) is 42.5 Å². The number of hydrogen-bond donors (Lipinski definition) is 1. The highest BCUT2D eigenvalue weighted by Crippen LogP contribution is 2.29. The minimum atomic E-state index is -0.651. The zero-order valence-corrected chi connectivity index (χ0v) is 24.6. The average Bonchev–Trinajstić information content (AvgIpc) is 2.96. The molecule has 0 heterocycles. The van der Waals surface area contributed by atoms with E-state index in [-0.39, 0.29) is 18.2 Å². The summed E-state index contributed by atoms with van der Waals surface area (Å²) in [7, 11) is 0. The van der Waals surface area contributed by atoms with Gasteiger partial charge >= 0.3 is 0 Å². The molecule has 0 fully saturated rings. The molecule has 0 saturated carbocycles. The van der Waals surface area contributed by atoms with Crippen molar-refractivity contribution in [1.29, 1.82) is 0 Å². The topological polar surface area (TPSA) is 67.9 Å². The van der Waals surface area contributed by atoms with E-state index in [1.807, 2.05) is 86.6 Å². The highest BCUT2D eigenvalue weighted by atomic mass is 35.5. The third-order valence-electron chi connectivity index (χ3n) is 6.60. The normalized spacial score (nSPS) is 11.5. The molecule has 0 saturated heterocycles. The second kappa shape index (κ2) is 16.6. The van der Waals surface area contributed by atoms with Crippen molar-refractivity contribution < 1.29 is 19.1 Å². The Morgan fingerprint density at radius 3 is 2.20 bits per heavy atom. The molecule has 3 rings (SSSR count). The lowest BCUT2D eigenvalue weighted by molar-refractivity contribution is -0.141. The maximum atomic E-state index is 13.9. The second-order valence-corrected chi connectivity index (χ2v) is 10.1. The Labute approximate surface area is 243 Å². The summed E-state index contributed by atoms with van der Waals surface area (Å²) < 4.78 is 11.5. The lowest BCUT2D eigenvalue weighted by Gasteiger charge is -2.32. The first-order valence-electron chi connectivity index (χ1n) is 14.2. The summed E-state index contributed by atoms with van der Waals surface area (Å²) in [6.07, 6.45) is 3.05. The van der Waals surface area contributed by atoms with Gasteiger partial charge in [0.05, 0.1) is 13.2 Å². The van der Waals surface area contributed by atoms with Gasteiger partial charge in [0.25, 0.3) is 0 Å². The molecule has 0 unspecified atom stereocenters. The molecule has 1 atom stereocenters. The molecule has 6 nitrogen and oxygen atoms in total. The Bertz CT molecular complexity index is 1200. The SMILES string of the molecule is CCCCNC(=O)[C@H](Cc1ccccc1)N(Cc1ccc(Cl)cc1)C(=O)CCc1ccc(OCC)c(OCC)c1. The van der Waals surface area contributed by atoms with Gasteiger partial charge in [0, 0.05) is 31.0 Å². The molecule has 40 heavy (non-hydrogen) atoms. The van der Waals surface area contributed by atoms with Crippen LogP contribution in [0.2, 0.25) is 5.02 Å². The zero-order valence-electron chi connectivity index (χ0n) is 23.8. The molecular weight excluding hydrogens is 524 g/mol. The Balaban J connectivity index is 1.87. The van der Waals surface area contributed by atoms with E-state index in [4.69, 9.17) is 21.1 Å². The van der Waals surface area contributed by atoms with Crippen LogP contribution in [0, 0.1) is 0 Å². The van der Waals surface area contributed by atoms with Crippen molar-refractivity contribution in [3.63, 3.8) is 0 Å². The van der Waals surface area contributed by atoms with Crippen LogP contribution >= 0.6 is 11.6 Å². The van der Waals surface area contributed by atoms with Gasteiger partial charge in [0.1, 0.15) is 6.04 Å². The Hall–Kier alpha value is -3.51. The summed E-state index contributed by atoms with van der Waals surface area (Å²) in [5, 5.41) is 3.69. The number of carbonyl (C=O) groups is 2. The number of hydrogen-bond acceptors (Lipinski definition) is 4. The number of halogens is 1. The molecule has 0 aromatic heterocycles. The lowest BCUT2D eigenvalue weighted by atomic mass is 10.0. The van der Waals surface area contributed by atoms with E-state index in [1.54, 1.807) is 4.90 Å². The van der Waals surface area contributed by atoms with Gasteiger partial charge in [0.2, 0.25) is 11.8 Å². The van der Waals surface area contributed by atoms with E-state index in [2.05, 4.69) is 12.2 Å². The maximum absolute atomic E-state index is 13.9. The number of amides is 2. The number of carbonyl (C=O) groups excluding carboxylic acids is 2. The molecule has 0 spiro atoms. The highest BCUT2D eigenvalue weighted by molar-refractivity contribution is 6.30. The molecule has 0 aliphatic heterocycles. The number of benzene rings is 3. The maximum Gasteiger partial charge on any atom is 0.243 e. The first-order valence-corrected chi connectivity index (χ1v) is 14.6. The van der Waals surface area contributed by atoms with E-state index < -0.39 is 6.04 Å². The molecule has 0 aliphatic rings. The van der Waals surface area contributed by atoms with Crippen molar-refractivity contribution in [3.8, 4) is 11.5 Å². The summed E-state index contributed by atoms with van der Waals surface area (Å²) in [5.41, 5.74) is 2.88. The fourth-order valence-electron chi connectivity index (χ4n) is 4.49. The van der Waals surface area contributed by atoms with Crippen molar-refractivity contribution in [3.05, 3.63) is 94.5 Å². The van der Waals surface area contributed by atoms with Crippen molar-refractivity contribution in [2.45, 2.75) is 65.5 Å². The van der Waals surface area contributed by atoms with Crippen molar-refractivity contribution in [1.82, 2.24) is 10.2 Å². The monoisotopic (exact) mass is 564 g/mol. The van der Waals surface area contributed by atoms with Crippen LogP contribution in [-0.2, 0) is 29.0 Å². The van der Waals surface area contributed by atoms with Gasteiger partial charge < -0.3 is 19.7 Å². The number of nitrogens with one attached hydrogen (secondary N) is 1.